The second-order valence-electron chi connectivity index (χ2n) is 5.34. The van der Waals surface area contributed by atoms with E-state index in [1.54, 1.807) is 0 Å². The molecule has 1 fully saturated rings. The number of hydrogen-bond donors (Lipinski definition) is 1. The van der Waals surface area contributed by atoms with Crippen LogP contribution in [0.1, 0.15) is 31.2 Å². The Kier molecular flexibility index (Phi) is 6.34. The molecule has 3 nitrogen and oxygen atoms in total. The van der Waals surface area contributed by atoms with Crippen LogP contribution >= 0.6 is 11.6 Å². The molecule has 1 aromatic carbocycles. The summed E-state index contributed by atoms with van der Waals surface area (Å²) in [6.45, 7) is 4.32. The van der Waals surface area contributed by atoms with Gasteiger partial charge in [-0.3, -0.25) is 4.79 Å². The summed E-state index contributed by atoms with van der Waals surface area (Å²) in [6, 6.07) is 7.70. The summed E-state index contributed by atoms with van der Waals surface area (Å²) in [5.74, 6) is 0.117. The molecule has 4 heteroatoms. The quantitative estimate of drug-likeness (QED) is 0.784. The number of halogens is 1. The average Bonchev–Trinajstić information content (AvgIpc) is 2.96. The first kappa shape index (κ1) is 15.3. The molecule has 1 aliphatic heterocycles. The van der Waals surface area contributed by atoms with Crippen LogP contribution in [0.4, 0.5) is 0 Å². The molecule has 0 aromatic heterocycles. The van der Waals surface area contributed by atoms with Crippen LogP contribution in [0, 0.1) is 0 Å². The van der Waals surface area contributed by atoms with Crippen molar-refractivity contribution in [3.05, 3.63) is 34.9 Å². The number of likely N-dealkylation sites (tertiary alicyclic amines) is 1. The fraction of sp³-hybridized carbons (Fsp3) is 0.562. The van der Waals surface area contributed by atoms with Crippen LogP contribution in [0.2, 0.25) is 5.02 Å². The van der Waals surface area contributed by atoms with E-state index in [1.807, 2.05) is 24.3 Å². The van der Waals surface area contributed by atoms with Gasteiger partial charge < -0.3 is 10.2 Å². The van der Waals surface area contributed by atoms with E-state index in [1.165, 1.54) is 25.9 Å². The van der Waals surface area contributed by atoms with Gasteiger partial charge >= 0.3 is 0 Å². The van der Waals surface area contributed by atoms with Crippen LogP contribution < -0.4 is 5.32 Å². The Morgan fingerprint density at radius 2 is 2.00 bits per heavy atom. The Hall–Kier alpha value is -1.06. The van der Waals surface area contributed by atoms with Crippen molar-refractivity contribution in [2.45, 2.75) is 32.1 Å². The number of benzene rings is 1. The molecule has 1 aromatic rings. The van der Waals surface area contributed by atoms with Crippen LogP contribution in [0.25, 0.3) is 0 Å². The summed E-state index contributed by atoms with van der Waals surface area (Å²) >= 11 is 6.07. The monoisotopic (exact) mass is 294 g/mol. The van der Waals surface area contributed by atoms with Crippen molar-refractivity contribution in [3.8, 4) is 0 Å². The molecule has 1 saturated heterocycles. The lowest BCUT2D eigenvalue weighted by molar-refractivity contribution is -0.121. The molecule has 1 heterocycles. The maximum Gasteiger partial charge on any atom is 0.220 e. The number of nitrogens with zero attached hydrogens (tertiary/aromatic N) is 1. The molecule has 1 N–H and O–H groups in total. The number of nitrogens with one attached hydrogen (secondary N) is 1. The second kappa shape index (κ2) is 8.28. The van der Waals surface area contributed by atoms with Gasteiger partial charge in [-0.05, 0) is 56.9 Å². The van der Waals surface area contributed by atoms with Gasteiger partial charge in [0.1, 0.15) is 0 Å². The van der Waals surface area contributed by atoms with Crippen molar-refractivity contribution in [3.63, 3.8) is 0 Å². The highest BCUT2D eigenvalue weighted by Crippen LogP contribution is 2.16. The number of aryl methyl sites for hydroxylation is 1. The molecule has 1 aliphatic rings. The number of amides is 1. The maximum absolute atomic E-state index is 11.8. The van der Waals surface area contributed by atoms with Crippen molar-refractivity contribution in [2.24, 2.45) is 0 Å². The second-order valence-corrected chi connectivity index (χ2v) is 5.75. The molecule has 0 radical (unpaired) electrons. The minimum atomic E-state index is 0.117. The van der Waals surface area contributed by atoms with Crippen molar-refractivity contribution >= 4 is 17.5 Å². The van der Waals surface area contributed by atoms with Crippen LogP contribution in [0.3, 0.4) is 0 Å². The highest BCUT2D eigenvalue weighted by Gasteiger charge is 2.10. The predicted octanol–water partition coefficient (Wildman–Crippen LogP) is 2.87. The number of carbonyl (C=O) groups is 1. The number of carbonyl (C=O) groups excluding carboxylic acids is 1. The van der Waals surface area contributed by atoms with E-state index < -0.39 is 0 Å². The molecule has 0 unspecified atom stereocenters. The van der Waals surface area contributed by atoms with E-state index in [2.05, 4.69) is 10.2 Å². The van der Waals surface area contributed by atoms with Gasteiger partial charge in [0.15, 0.2) is 0 Å². The van der Waals surface area contributed by atoms with Gasteiger partial charge in [0.05, 0.1) is 0 Å². The zero-order valence-electron chi connectivity index (χ0n) is 11.9. The van der Waals surface area contributed by atoms with Crippen molar-refractivity contribution < 1.29 is 4.79 Å². The lowest BCUT2D eigenvalue weighted by atomic mass is 10.1. The molecule has 0 spiro atoms. The first-order chi connectivity index (χ1) is 9.75. The fourth-order valence-corrected chi connectivity index (χ4v) is 2.80. The zero-order valence-corrected chi connectivity index (χ0v) is 12.7. The predicted molar refractivity (Wildman–Crippen MR) is 83.1 cm³/mol. The maximum atomic E-state index is 11.8. The van der Waals surface area contributed by atoms with Gasteiger partial charge in [-0.25, -0.2) is 0 Å². The highest BCUT2D eigenvalue weighted by molar-refractivity contribution is 6.31. The van der Waals surface area contributed by atoms with Gasteiger partial charge in [-0.2, -0.15) is 0 Å². The normalized spacial score (nSPS) is 15.4. The molecule has 1 amide bonds. The third-order valence-electron chi connectivity index (χ3n) is 3.75. The molecular weight excluding hydrogens is 272 g/mol. The molecule has 2 rings (SSSR count). The van der Waals surface area contributed by atoms with Crippen LogP contribution in [0.15, 0.2) is 24.3 Å². The van der Waals surface area contributed by atoms with E-state index in [0.717, 1.165) is 30.1 Å². The van der Waals surface area contributed by atoms with E-state index >= 15 is 0 Å². The third kappa shape index (κ3) is 5.14. The Morgan fingerprint density at radius 1 is 1.25 bits per heavy atom. The highest BCUT2D eigenvalue weighted by atomic mass is 35.5. The summed E-state index contributed by atoms with van der Waals surface area (Å²) in [6.07, 6.45) is 4.90. The van der Waals surface area contributed by atoms with Crippen molar-refractivity contribution in [2.75, 3.05) is 26.2 Å². The summed E-state index contributed by atoms with van der Waals surface area (Å²) in [5.41, 5.74) is 1.04. The summed E-state index contributed by atoms with van der Waals surface area (Å²) in [7, 11) is 0. The van der Waals surface area contributed by atoms with Gasteiger partial charge in [0, 0.05) is 18.0 Å². The summed E-state index contributed by atoms with van der Waals surface area (Å²) in [4.78, 5) is 14.2. The molecule has 0 saturated carbocycles. The zero-order chi connectivity index (χ0) is 14.2. The van der Waals surface area contributed by atoms with Crippen LogP contribution in [0.5, 0.6) is 0 Å². The van der Waals surface area contributed by atoms with E-state index in [-0.39, 0.29) is 5.91 Å². The van der Waals surface area contributed by atoms with E-state index in [4.69, 9.17) is 11.6 Å². The van der Waals surface area contributed by atoms with Crippen LogP contribution in [-0.2, 0) is 11.2 Å². The van der Waals surface area contributed by atoms with E-state index in [0.29, 0.717) is 12.8 Å². The van der Waals surface area contributed by atoms with Crippen LogP contribution in [-0.4, -0.2) is 37.0 Å². The first-order valence-electron chi connectivity index (χ1n) is 7.48. The van der Waals surface area contributed by atoms with Gasteiger partial charge in [-0.1, -0.05) is 29.8 Å². The van der Waals surface area contributed by atoms with Crippen molar-refractivity contribution in [1.29, 1.82) is 0 Å². The molecule has 110 valence electrons. The smallest absolute Gasteiger partial charge is 0.220 e. The van der Waals surface area contributed by atoms with Crippen molar-refractivity contribution in [1.82, 2.24) is 10.2 Å². The fourth-order valence-electron chi connectivity index (χ4n) is 2.57. The largest absolute Gasteiger partial charge is 0.356 e. The minimum absolute atomic E-state index is 0.117. The molecule has 0 bridgehead atoms. The minimum Gasteiger partial charge on any atom is -0.356 e. The first-order valence-corrected chi connectivity index (χ1v) is 7.86. The lowest BCUT2D eigenvalue weighted by Gasteiger charge is -2.14. The van der Waals surface area contributed by atoms with Gasteiger partial charge in [-0.15, -0.1) is 0 Å². The molecule has 0 aliphatic carbocycles. The average molecular weight is 295 g/mol. The SMILES string of the molecule is O=C(CCc1ccccc1Cl)NCCCN1CCCC1. The van der Waals surface area contributed by atoms with E-state index in [9.17, 15) is 4.79 Å². The number of rotatable bonds is 7. The lowest BCUT2D eigenvalue weighted by Crippen LogP contribution is -2.28. The topological polar surface area (TPSA) is 32.3 Å². The standard InChI is InChI=1S/C16H23ClN2O/c17-15-7-2-1-6-14(15)8-9-16(20)18-10-5-13-19-11-3-4-12-19/h1-2,6-7H,3-5,8-13H2,(H,18,20). The van der Waals surface area contributed by atoms with Gasteiger partial charge in [0.2, 0.25) is 5.91 Å². The Labute approximate surface area is 126 Å². The Morgan fingerprint density at radius 3 is 2.75 bits per heavy atom. The summed E-state index contributed by atoms with van der Waals surface area (Å²) in [5, 5.41) is 3.73. The Bertz CT molecular complexity index is 430. The Balaban J connectivity index is 1.57. The molecular formula is C16H23ClN2O. The molecule has 0 atom stereocenters. The third-order valence-corrected chi connectivity index (χ3v) is 4.12. The number of hydrogen-bond acceptors (Lipinski definition) is 2. The molecule has 20 heavy (non-hydrogen) atoms. The summed E-state index contributed by atoms with van der Waals surface area (Å²) < 4.78 is 0. The van der Waals surface area contributed by atoms with Gasteiger partial charge in [0.25, 0.3) is 0 Å².